The third-order valence-corrected chi connectivity index (χ3v) is 5.54. The second kappa shape index (κ2) is 9.88. The number of benzene rings is 1. The number of hydrogen-bond donors (Lipinski definition) is 1. The Morgan fingerprint density at radius 1 is 1.07 bits per heavy atom. The van der Waals surface area contributed by atoms with Crippen LogP contribution in [0.4, 0.5) is 0 Å². The Hall–Kier alpha value is -1.88. The van der Waals surface area contributed by atoms with Gasteiger partial charge >= 0.3 is 0 Å². The Balaban J connectivity index is 1.35. The Morgan fingerprint density at radius 3 is 2.41 bits per heavy atom. The van der Waals surface area contributed by atoms with Crippen molar-refractivity contribution in [2.75, 3.05) is 26.2 Å². The lowest BCUT2D eigenvalue weighted by molar-refractivity contribution is -0.133. The summed E-state index contributed by atoms with van der Waals surface area (Å²) < 4.78 is 0. The molecule has 5 heteroatoms. The van der Waals surface area contributed by atoms with Crippen LogP contribution in [0.1, 0.15) is 51.0 Å². The standard InChI is InChI=1S/C22H33N3O2/c1-2-13-25(22(27)19-8-9-19)16-12-21(26)23-20-10-14-24(15-11-20)17-18-6-4-3-5-7-18/h3-7,19-20H,2,8-17H2,1H3,(H,23,26). The largest absolute Gasteiger partial charge is 0.353 e. The average molecular weight is 372 g/mol. The first-order valence-corrected chi connectivity index (χ1v) is 10.5. The van der Waals surface area contributed by atoms with Gasteiger partial charge in [-0.1, -0.05) is 37.3 Å². The van der Waals surface area contributed by atoms with E-state index < -0.39 is 0 Å². The highest BCUT2D eigenvalue weighted by Crippen LogP contribution is 2.31. The van der Waals surface area contributed by atoms with Crippen molar-refractivity contribution in [1.82, 2.24) is 15.1 Å². The monoisotopic (exact) mass is 371 g/mol. The average Bonchev–Trinajstić information content (AvgIpc) is 3.52. The van der Waals surface area contributed by atoms with E-state index in [9.17, 15) is 9.59 Å². The summed E-state index contributed by atoms with van der Waals surface area (Å²) in [7, 11) is 0. The van der Waals surface area contributed by atoms with Gasteiger partial charge in [0.15, 0.2) is 0 Å². The molecule has 1 aromatic carbocycles. The molecule has 0 atom stereocenters. The van der Waals surface area contributed by atoms with Crippen molar-refractivity contribution in [2.24, 2.45) is 5.92 Å². The Bertz CT molecular complexity index is 607. The molecule has 3 rings (SSSR count). The summed E-state index contributed by atoms with van der Waals surface area (Å²) >= 11 is 0. The lowest BCUT2D eigenvalue weighted by atomic mass is 10.0. The fourth-order valence-corrected chi connectivity index (χ4v) is 3.80. The zero-order valence-electron chi connectivity index (χ0n) is 16.5. The minimum atomic E-state index is 0.0845. The molecule has 1 N–H and O–H groups in total. The maximum atomic E-state index is 12.3. The van der Waals surface area contributed by atoms with Gasteiger partial charge < -0.3 is 10.2 Å². The predicted molar refractivity (Wildman–Crippen MR) is 107 cm³/mol. The van der Waals surface area contributed by atoms with E-state index in [1.807, 2.05) is 11.0 Å². The minimum Gasteiger partial charge on any atom is -0.353 e. The van der Waals surface area contributed by atoms with Crippen LogP contribution in [0, 0.1) is 5.92 Å². The SMILES string of the molecule is CCCN(CCC(=O)NC1CCN(Cc2ccccc2)CC1)C(=O)C1CC1. The number of piperidine rings is 1. The molecule has 148 valence electrons. The molecule has 0 aromatic heterocycles. The quantitative estimate of drug-likeness (QED) is 0.726. The highest BCUT2D eigenvalue weighted by molar-refractivity contribution is 5.82. The van der Waals surface area contributed by atoms with Crippen molar-refractivity contribution in [3.8, 4) is 0 Å². The highest BCUT2D eigenvalue weighted by atomic mass is 16.2. The molecule has 1 aliphatic carbocycles. The van der Waals surface area contributed by atoms with Gasteiger partial charge in [0.2, 0.25) is 11.8 Å². The van der Waals surface area contributed by atoms with E-state index in [2.05, 4.69) is 41.4 Å². The number of rotatable bonds is 9. The van der Waals surface area contributed by atoms with Gasteiger partial charge in [-0.3, -0.25) is 14.5 Å². The number of nitrogens with one attached hydrogen (secondary N) is 1. The van der Waals surface area contributed by atoms with Crippen molar-refractivity contribution in [2.45, 2.75) is 58.0 Å². The van der Waals surface area contributed by atoms with Crippen molar-refractivity contribution in [3.05, 3.63) is 35.9 Å². The number of amides is 2. The van der Waals surface area contributed by atoms with Crippen molar-refractivity contribution in [3.63, 3.8) is 0 Å². The number of hydrogen-bond acceptors (Lipinski definition) is 3. The molecule has 1 aliphatic heterocycles. The van der Waals surface area contributed by atoms with Gasteiger partial charge in [-0.2, -0.15) is 0 Å². The molecule has 0 radical (unpaired) electrons. The van der Waals surface area contributed by atoms with Crippen LogP contribution in [0.2, 0.25) is 0 Å². The molecule has 1 saturated carbocycles. The van der Waals surface area contributed by atoms with Gasteiger partial charge in [0, 0.05) is 51.1 Å². The molecule has 2 aliphatic rings. The molecule has 1 heterocycles. The molecular formula is C22H33N3O2. The molecule has 27 heavy (non-hydrogen) atoms. The first kappa shape index (κ1) is 19.9. The van der Waals surface area contributed by atoms with E-state index >= 15 is 0 Å². The summed E-state index contributed by atoms with van der Waals surface area (Å²) in [5.74, 6) is 0.564. The first-order valence-electron chi connectivity index (χ1n) is 10.5. The summed E-state index contributed by atoms with van der Waals surface area (Å²) in [5.41, 5.74) is 1.34. The lowest BCUT2D eigenvalue weighted by Crippen LogP contribution is -2.45. The zero-order chi connectivity index (χ0) is 19.1. The van der Waals surface area contributed by atoms with E-state index in [1.54, 1.807) is 0 Å². The smallest absolute Gasteiger partial charge is 0.225 e. The molecule has 1 aromatic rings. The van der Waals surface area contributed by atoms with Crippen LogP contribution >= 0.6 is 0 Å². The fraction of sp³-hybridized carbons (Fsp3) is 0.636. The van der Waals surface area contributed by atoms with Gasteiger partial charge in [-0.15, -0.1) is 0 Å². The number of nitrogens with zero attached hydrogens (tertiary/aromatic N) is 2. The molecule has 0 spiro atoms. The van der Waals surface area contributed by atoms with Crippen molar-refractivity contribution in [1.29, 1.82) is 0 Å². The zero-order valence-corrected chi connectivity index (χ0v) is 16.5. The maximum Gasteiger partial charge on any atom is 0.225 e. The summed E-state index contributed by atoms with van der Waals surface area (Å²) in [6.07, 6.45) is 5.40. The van der Waals surface area contributed by atoms with Gasteiger partial charge in [0.1, 0.15) is 0 Å². The summed E-state index contributed by atoms with van der Waals surface area (Å²) in [4.78, 5) is 29.0. The highest BCUT2D eigenvalue weighted by Gasteiger charge is 2.33. The molecule has 2 amide bonds. The van der Waals surface area contributed by atoms with Crippen LogP contribution in [-0.2, 0) is 16.1 Å². The van der Waals surface area contributed by atoms with Crippen LogP contribution in [0.3, 0.4) is 0 Å². The Morgan fingerprint density at radius 2 is 1.78 bits per heavy atom. The van der Waals surface area contributed by atoms with E-state index in [4.69, 9.17) is 0 Å². The fourth-order valence-electron chi connectivity index (χ4n) is 3.80. The normalized spacial score (nSPS) is 18.3. The molecule has 1 saturated heterocycles. The van der Waals surface area contributed by atoms with Gasteiger partial charge in [-0.25, -0.2) is 0 Å². The predicted octanol–water partition coefficient (Wildman–Crippen LogP) is 2.81. The Kier molecular flexibility index (Phi) is 7.27. The van der Waals surface area contributed by atoms with Crippen LogP contribution in [0.5, 0.6) is 0 Å². The van der Waals surface area contributed by atoms with Crippen LogP contribution in [0.25, 0.3) is 0 Å². The molecule has 2 fully saturated rings. The van der Waals surface area contributed by atoms with Crippen LogP contribution < -0.4 is 5.32 Å². The van der Waals surface area contributed by atoms with E-state index in [0.29, 0.717) is 13.0 Å². The van der Waals surface area contributed by atoms with Crippen molar-refractivity contribution >= 4 is 11.8 Å². The molecule has 0 unspecified atom stereocenters. The maximum absolute atomic E-state index is 12.3. The summed E-state index contributed by atoms with van der Waals surface area (Å²) in [5, 5.41) is 3.18. The number of likely N-dealkylation sites (tertiary alicyclic amines) is 1. The summed E-state index contributed by atoms with van der Waals surface area (Å²) in [6.45, 7) is 6.42. The van der Waals surface area contributed by atoms with Crippen molar-refractivity contribution < 1.29 is 9.59 Å². The third-order valence-electron chi connectivity index (χ3n) is 5.54. The van der Waals surface area contributed by atoms with Gasteiger partial charge in [-0.05, 0) is 37.7 Å². The van der Waals surface area contributed by atoms with E-state index in [0.717, 1.165) is 58.3 Å². The summed E-state index contributed by atoms with van der Waals surface area (Å²) in [6, 6.07) is 10.8. The van der Waals surface area contributed by atoms with Crippen LogP contribution in [-0.4, -0.2) is 53.8 Å². The number of carbonyl (C=O) groups is 2. The first-order chi connectivity index (χ1) is 13.2. The topological polar surface area (TPSA) is 52.7 Å². The van der Waals surface area contributed by atoms with Gasteiger partial charge in [0.25, 0.3) is 0 Å². The number of carbonyl (C=O) groups excluding carboxylic acids is 2. The van der Waals surface area contributed by atoms with E-state index in [1.165, 1.54) is 5.56 Å². The van der Waals surface area contributed by atoms with E-state index in [-0.39, 0.29) is 23.8 Å². The second-order valence-corrected chi connectivity index (χ2v) is 7.95. The third kappa shape index (κ3) is 6.35. The Labute approximate surface area is 163 Å². The second-order valence-electron chi connectivity index (χ2n) is 7.95. The molecular weight excluding hydrogens is 338 g/mol. The van der Waals surface area contributed by atoms with Gasteiger partial charge in [0.05, 0.1) is 0 Å². The van der Waals surface area contributed by atoms with Crippen LogP contribution in [0.15, 0.2) is 30.3 Å². The molecule has 0 bridgehead atoms. The minimum absolute atomic E-state index is 0.0845. The lowest BCUT2D eigenvalue weighted by Gasteiger charge is -2.32. The molecule has 5 nitrogen and oxygen atoms in total.